The minimum Gasteiger partial charge on any atom is -0.394 e. The lowest BCUT2D eigenvalue weighted by Crippen LogP contribution is -2.65. The standard InChI is InChI=1S/C47H85NO13/c1-3-5-7-9-11-13-15-16-17-18-19-21-22-24-26-28-30-36(51)35(48-39(52)31-29-27-25-23-20-14-12-10-8-6-4-2)34-58-46-44(57)42(55)45(38(33-50)60-46)61-47-43(56)41(54)40(53)37(32-49)59-47/h10,12,21-22,28,30,35-38,40-47,49-51,53-57H,3-9,11,13-20,23-27,29,31-34H2,1-2H3,(H,48,52)/b12-10-,22-21+,30-28+. The molecule has 2 rings (SSSR count). The molecule has 12 unspecified atom stereocenters. The van der Waals surface area contributed by atoms with Crippen LogP contribution in [0.1, 0.15) is 162 Å². The van der Waals surface area contributed by atoms with Crippen molar-refractivity contribution in [1.29, 1.82) is 0 Å². The van der Waals surface area contributed by atoms with E-state index in [0.717, 1.165) is 51.4 Å². The fraction of sp³-hybridized carbons (Fsp3) is 0.851. The first kappa shape index (κ1) is 55.3. The normalized spacial score (nSPS) is 28.3. The van der Waals surface area contributed by atoms with E-state index in [0.29, 0.717) is 12.8 Å². The summed E-state index contributed by atoms with van der Waals surface area (Å²) >= 11 is 0. The van der Waals surface area contributed by atoms with Gasteiger partial charge in [0.15, 0.2) is 12.6 Å². The van der Waals surface area contributed by atoms with Crippen LogP contribution < -0.4 is 5.32 Å². The van der Waals surface area contributed by atoms with Gasteiger partial charge in [0.25, 0.3) is 0 Å². The Morgan fingerprint density at radius 2 is 1.07 bits per heavy atom. The molecule has 0 aromatic rings. The maximum Gasteiger partial charge on any atom is 0.220 e. The molecule has 2 aliphatic rings. The number of rotatable bonds is 35. The minimum atomic E-state index is -1.79. The molecule has 14 heteroatoms. The minimum absolute atomic E-state index is 0.262. The van der Waals surface area contributed by atoms with E-state index in [9.17, 15) is 45.6 Å². The Morgan fingerprint density at radius 3 is 1.66 bits per heavy atom. The monoisotopic (exact) mass is 872 g/mol. The first-order valence-electron chi connectivity index (χ1n) is 23.7. The number of nitrogens with one attached hydrogen (secondary N) is 1. The van der Waals surface area contributed by atoms with E-state index in [1.807, 2.05) is 6.08 Å². The molecule has 0 bridgehead atoms. The summed E-state index contributed by atoms with van der Waals surface area (Å²) in [6, 6.07) is -0.932. The summed E-state index contributed by atoms with van der Waals surface area (Å²) in [6.07, 6.45) is 20.5. The van der Waals surface area contributed by atoms with E-state index in [1.165, 1.54) is 77.0 Å². The lowest BCUT2D eigenvalue weighted by molar-refractivity contribution is -0.359. The lowest BCUT2D eigenvalue weighted by atomic mass is 9.97. The van der Waals surface area contributed by atoms with Gasteiger partial charge >= 0.3 is 0 Å². The number of unbranched alkanes of at least 4 members (excludes halogenated alkanes) is 18. The highest BCUT2D eigenvalue weighted by Gasteiger charge is 2.50. The van der Waals surface area contributed by atoms with Crippen LogP contribution in [0.25, 0.3) is 0 Å². The largest absolute Gasteiger partial charge is 0.394 e. The highest BCUT2D eigenvalue weighted by atomic mass is 16.7. The summed E-state index contributed by atoms with van der Waals surface area (Å²) in [7, 11) is 0. The van der Waals surface area contributed by atoms with Gasteiger partial charge in [-0.1, -0.05) is 140 Å². The van der Waals surface area contributed by atoms with Crippen molar-refractivity contribution in [3.05, 3.63) is 36.5 Å². The van der Waals surface area contributed by atoms with Crippen molar-refractivity contribution >= 4 is 5.91 Å². The number of amides is 1. The van der Waals surface area contributed by atoms with Crippen LogP contribution in [0.4, 0.5) is 0 Å². The number of hydrogen-bond acceptors (Lipinski definition) is 13. The van der Waals surface area contributed by atoms with Gasteiger partial charge in [0.2, 0.25) is 5.91 Å². The Balaban J connectivity index is 1.91. The van der Waals surface area contributed by atoms with Crippen molar-refractivity contribution in [3.63, 3.8) is 0 Å². The molecule has 12 atom stereocenters. The molecule has 0 saturated carbocycles. The summed E-state index contributed by atoms with van der Waals surface area (Å²) in [4.78, 5) is 13.1. The molecule has 9 N–H and O–H groups in total. The first-order valence-corrected chi connectivity index (χ1v) is 23.7. The van der Waals surface area contributed by atoms with Gasteiger partial charge in [-0.2, -0.15) is 0 Å². The molecule has 0 aromatic heterocycles. The third-order valence-corrected chi connectivity index (χ3v) is 11.5. The molecule has 0 radical (unpaired) electrons. The SMILES string of the molecule is CCCC/C=C\CCCCCCCC(=O)NC(COC1OC(CO)C(OC2OC(CO)C(O)C(O)C2O)C(O)C1O)C(O)/C=C/CC/C=C/CCCCCCCCCCCC. The van der Waals surface area contributed by atoms with Gasteiger partial charge in [-0.15, -0.1) is 0 Å². The molecule has 2 aliphatic heterocycles. The van der Waals surface area contributed by atoms with Crippen LogP contribution in [0.5, 0.6) is 0 Å². The molecule has 356 valence electrons. The molecular formula is C47H85NO13. The molecule has 61 heavy (non-hydrogen) atoms. The number of aliphatic hydroxyl groups is 8. The summed E-state index contributed by atoms with van der Waals surface area (Å²) in [5.74, 6) is -0.263. The van der Waals surface area contributed by atoms with Crippen LogP contribution in [-0.4, -0.2) is 140 Å². The van der Waals surface area contributed by atoms with Crippen LogP contribution in [-0.2, 0) is 23.7 Å². The topological polar surface area (TPSA) is 228 Å². The van der Waals surface area contributed by atoms with Crippen molar-refractivity contribution < 1.29 is 64.6 Å². The molecule has 0 spiro atoms. The lowest BCUT2D eigenvalue weighted by Gasteiger charge is -2.46. The Labute approximate surface area is 366 Å². The average molecular weight is 872 g/mol. The molecule has 2 saturated heterocycles. The molecule has 14 nitrogen and oxygen atoms in total. The Hall–Kier alpha value is -1.79. The summed E-state index contributed by atoms with van der Waals surface area (Å²) in [5, 5.41) is 86.5. The first-order chi connectivity index (χ1) is 29.6. The van der Waals surface area contributed by atoms with Crippen molar-refractivity contribution in [2.24, 2.45) is 0 Å². The fourth-order valence-electron chi connectivity index (χ4n) is 7.58. The zero-order valence-electron chi connectivity index (χ0n) is 37.4. The Kier molecular flexibility index (Phi) is 31.4. The third-order valence-electron chi connectivity index (χ3n) is 11.5. The van der Waals surface area contributed by atoms with Crippen molar-refractivity contribution in [2.75, 3.05) is 19.8 Å². The molecular weight excluding hydrogens is 787 g/mol. The van der Waals surface area contributed by atoms with Crippen molar-refractivity contribution in [2.45, 2.75) is 235 Å². The van der Waals surface area contributed by atoms with E-state index < -0.39 is 86.8 Å². The van der Waals surface area contributed by atoms with Gasteiger partial charge in [-0.3, -0.25) is 4.79 Å². The number of carbonyl (C=O) groups excluding carboxylic acids is 1. The highest BCUT2D eigenvalue weighted by molar-refractivity contribution is 5.76. The molecule has 2 heterocycles. The van der Waals surface area contributed by atoms with E-state index >= 15 is 0 Å². The molecule has 0 aromatic carbocycles. The van der Waals surface area contributed by atoms with Gasteiger partial charge < -0.3 is 65.1 Å². The maximum absolute atomic E-state index is 13.1. The number of ether oxygens (including phenoxy) is 4. The van der Waals surface area contributed by atoms with Crippen LogP contribution in [0.2, 0.25) is 0 Å². The number of carbonyl (C=O) groups is 1. The highest BCUT2D eigenvalue weighted by Crippen LogP contribution is 2.30. The zero-order chi connectivity index (χ0) is 44.7. The van der Waals surface area contributed by atoms with Gasteiger partial charge in [0, 0.05) is 6.42 Å². The second kappa shape index (κ2) is 34.6. The average Bonchev–Trinajstić information content (AvgIpc) is 3.26. The number of aliphatic hydroxyl groups excluding tert-OH is 8. The van der Waals surface area contributed by atoms with Gasteiger partial charge in [-0.25, -0.2) is 0 Å². The van der Waals surface area contributed by atoms with Gasteiger partial charge in [0.1, 0.15) is 48.8 Å². The van der Waals surface area contributed by atoms with Crippen LogP contribution in [0.3, 0.4) is 0 Å². The van der Waals surface area contributed by atoms with E-state index in [-0.39, 0.29) is 18.9 Å². The molecule has 1 amide bonds. The van der Waals surface area contributed by atoms with Crippen molar-refractivity contribution in [3.8, 4) is 0 Å². The molecule has 0 aliphatic carbocycles. The smallest absolute Gasteiger partial charge is 0.220 e. The Bertz CT molecular complexity index is 1170. The molecule has 2 fully saturated rings. The second-order valence-corrected chi connectivity index (χ2v) is 16.9. The van der Waals surface area contributed by atoms with Crippen LogP contribution >= 0.6 is 0 Å². The van der Waals surface area contributed by atoms with Crippen LogP contribution in [0.15, 0.2) is 36.5 Å². The number of hydrogen-bond donors (Lipinski definition) is 9. The quantitative estimate of drug-likeness (QED) is 0.0297. The summed E-state index contributed by atoms with van der Waals surface area (Å²) < 4.78 is 22.6. The van der Waals surface area contributed by atoms with E-state index in [4.69, 9.17) is 18.9 Å². The van der Waals surface area contributed by atoms with Crippen molar-refractivity contribution in [1.82, 2.24) is 5.32 Å². The summed E-state index contributed by atoms with van der Waals surface area (Å²) in [6.45, 7) is 2.69. The fourth-order valence-corrected chi connectivity index (χ4v) is 7.58. The maximum atomic E-state index is 13.1. The second-order valence-electron chi connectivity index (χ2n) is 16.9. The van der Waals surface area contributed by atoms with Gasteiger partial charge in [-0.05, 0) is 51.4 Å². The predicted molar refractivity (Wildman–Crippen MR) is 235 cm³/mol. The van der Waals surface area contributed by atoms with Crippen LogP contribution in [0, 0.1) is 0 Å². The predicted octanol–water partition coefficient (Wildman–Crippen LogP) is 5.15. The number of allylic oxidation sites excluding steroid dienone is 5. The van der Waals surface area contributed by atoms with E-state index in [2.05, 4.69) is 43.5 Å². The zero-order valence-corrected chi connectivity index (χ0v) is 37.4. The van der Waals surface area contributed by atoms with Gasteiger partial charge in [0.05, 0.1) is 32.0 Å². The third kappa shape index (κ3) is 22.6. The summed E-state index contributed by atoms with van der Waals surface area (Å²) in [5.41, 5.74) is 0. The van der Waals surface area contributed by atoms with E-state index in [1.54, 1.807) is 6.08 Å². The Morgan fingerprint density at radius 1 is 0.574 bits per heavy atom.